The van der Waals surface area contributed by atoms with Gasteiger partial charge in [0, 0.05) is 12.0 Å². The first-order valence-electron chi connectivity index (χ1n) is 4.28. The van der Waals surface area contributed by atoms with Crippen molar-refractivity contribution in [3.05, 3.63) is 0 Å². The summed E-state index contributed by atoms with van der Waals surface area (Å²) < 4.78 is 0. The Bertz CT molecular complexity index is 123. The van der Waals surface area contributed by atoms with Crippen molar-refractivity contribution in [2.24, 2.45) is 5.41 Å². The van der Waals surface area contributed by atoms with Crippen LogP contribution in [-0.2, 0) is 0 Å². The molecule has 0 spiro atoms. The second kappa shape index (κ2) is 6.28. The average molecular weight is 193 g/mol. The molecule has 0 saturated carbocycles. The molecule has 80 valence electrons. The lowest BCUT2D eigenvalue weighted by atomic mass is 9.93. The van der Waals surface area contributed by atoms with Gasteiger partial charge in [0.05, 0.1) is 32.5 Å². The molecule has 0 aliphatic rings. The van der Waals surface area contributed by atoms with Crippen LogP contribution in [0.4, 0.5) is 0 Å². The summed E-state index contributed by atoms with van der Waals surface area (Å²) in [5.41, 5.74) is -0.609. The maximum Gasteiger partial charge on any atom is 0.0607 e. The Hall–Kier alpha value is -0.200. The summed E-state index contributed by atoms with van der Waals surface area (Å²) in [7, 11) is 0. The first-order chi connectivity index (χ1) is 6.11. The van der Waals surface area contributed by atoms with Crippen molar-refractivity contribution in [3.8, 4) is 0 Å². The van der Waals surface area contributed by atoms with Gasteiger partial charge < -0.3 is 25.7 Å². The Morgan fingerprint density at radius 1 is 1.08 bits per heavy atom. The van der Waals surface area contributed by atoms with Crippen molar-refractivity contribution in [2.75, 3.05) is 33.0 Å². The van der Waals surface area contributed by atoms with E-state index in [4.69, 9.17) is 20.4 Å². The van der Waals surface area contributed by atoms with Crippen LogP contribution >= 0.6 is 0 Å². The molecule has 0 bridgehead atoms. The Kier molecular flexibility index (Phi) is 6.19. The molecule has 0 aliphatic carbocycles. The van der Waals surface area contributed by atoms with Crippen LogP contribution in [0.25, 0.3) is 0 Å². The SMILES string of the molecule is CC(CO)(CO)CNC(CO)CO. The zero-order chi connectivity index (χ0) is 10.3. The Morgan fingerprint density at radius 2 is 1.54 bits per heavy atom. The molecule has 0 radical (unpaired) electrons. The lowest BCUT2D eigenvalue weighted by Gasteiger charge is -2.27. The highest BCUT2D eigenvalue weighted by atomic mass is 16.3. The molecule has 0 aromatic rings. The second-order valence-corrected chi connectivity index (χ2v) is 3.57. The van der Waals surface area contributed by atoms with E-state index in [-0.39, 0.29) is 26.4 Å². The minimum atomic E-state index is -0.609. The van der Waals surface area contributed by atoms with Gasteiger partial charge in [0.2, 0.25) is 0 Å². The van der Waals surface area contributed by atoms with Crippen LogP contribution in [0.3, 0.4) is 0 Å². The summed E-state index contributed by atoms with van der Waals surface area (Å²) in [6, 6.07) is -0.391. The molecule has 0 fully saturated rings. The number of rotatable bonds is 7. The van der Waals surface area contributed by atoms with E-state index in [2.05, 4.69) is 5.32 Å². The molecular weight excluding hydrogens is 174 g/mol. The Balaban J connectivity index is 3.83. The van der Waals surface area contributed by atoms with Gasteiger partial charge in [0.25, 0.3) is 0 Å². The molecule has 0 rings (SSSR count). The normalized spacial score (nSPS) is 12.5. The third kappa shape index (κ3) is 4.54. The lowest BCUT2D eigenvalue weighted by molar-refractivity contribution is 0.0604. The molecule has 0 saturated heterocycles. The molecule has 5 nitrogen and oxygen atoms in total. The maximum atomic E-state index is 8.92. The first kappa shape index (κ1) is 12.8. The molecular formula is C8H19NO4. The fourth-order valence-electron chi connectivity index (χ4n) is 0.739. The molecule has 0 atom stereocenters. The first-order valence-corrected chi connectivity index (χ1v) is 4.28. The van der Waals surface area contributed by atoms with E-state index in [0.29, 0.717) is 6.54 Å². The highest BCUT2D eigenvalue weighted by Gasteiger charge is 2.23. The minimum absolute atomic E-state index is 0.139. The summed E-state index contributed by atoms with van der Waals surface area (Å²) >= 11 is 0. The topological polar surface area (TPSA) is 93.0 Å². The average Bonchev–Trinajstić information content (AvgIpc) is 2.19. The standard InChI is InChI=1S/C8H19NO4/c1-8(5-12,6-13)4-9-7(2-10)3-11/h7,9-13H,2-6H2,1H3. The third-order valence-electron chi connectivity index (χ3n) is 2.02. The van der Waals surface area contributed by atoms with E-state index in [1.54, 1.807) is 6.92 Å². The van der Waals surface area contributed by atoms with Gasteiger partial charge in [-0.3, -0.25) is 0 Å². The lowest BCUT2D eigenvalue weighted by Crippen LogP contribution is -2.45. The monoisotopic (exact) mass is 193 g/mol. The van der Waals surface area contributed by atoms with E-state index in [1.165, 1.54) is 0 Å². The van der Waals surface area contributed by atoms with Crippen LogP contribution in [0.1, 0.15) is 6.92 Å². The number of hydrogen-bond acceptors (Lipinski definition) is 5. The molecule has 5 heteroatoms. The fourth-order valence-corrected chi connectivity index (χ4v) is 0.739. The van der Waals surface area contributed by atoms with E-state index in [9.17, 15) is 0 Å². The van der Waals surface area contributed by atoms with Crippen molar-refractivity contribution in [1.82, 2.24) is 5.32 Å². The van der Waals surface area contributed by atoms with E-state index in [0.717, 1.165) is 0 Å². The van der Waals surface area contributed by atoms with Crippen LogP contribution in [-0.4, -0.2) is 59.4 Å². The molecule has 13 heavy (non-hydrogen) atoms. The van der Waals surface area contributed by atoms with Gasteiger partial charge >= 0.3 is 0 Å². The molecule has 0 aromatic carbocycles. The largest absolute Gasteiger partial charge is 0.396 e. The Labute approximate surface area is 78.0 Å². The van der Waals surface area contributed by atoms with Gasteiger partial charge in [-0.25, -0.2) is 0 Å². The number of hydrogen-bond donors (Lipinski definition) is 5. The summed E-state index contributed by atoms with van der Waals surface area (Å²) in [5.74, 6) is 0. The zero-order valence-electron chi connectivity index (χ0n) is 7.90. The van der Waals surface area contributed by atoms with Crippen molar-refractivity contribution in [1.29, 1.82) is 0 Å². The second-order valence-electron chi connectivity index (χ2n) is 3.57. The molecule has 0 heterocycles. The van der Waals surface area contributed by atoms with Gasteiger partial charge in [-0.2, -0.15) is 0 Å². The summed E-state index contributed by atoms with van der Waals surface area (Å²) in [6.45, 7) is 1.46. The number of aliphatic hydroxyl groups excluding tert-OH is 4. The number of aliphatic hydroxyl groups is 4. The third-order valence-corrected chi connectivity index (χ3v) is 2.02. The molecule has 0 amide bonds. The van der Waals surface area contributed by atoms with Gasteiger partial charge in [-0.05, 0) is 0 Å². The number of nitrogens with one attached hydrogen (secondary N) is 1. The predicted octanol–water partition coefficient (Wildman–Crippen LogP) is -2.08. The molecule has 0 aliphatic heterocycles. The van der Waals surface area contributed by atoms with Crippen LogP contribution in [0.5, 0.6) is 0 Å². The van der Waals surface area contributed by atoms with Crippen LogP contribution in [0.15, 0.2) is 0 Å². The fraction of sp³-hybridized carbons (Fsp3) is 1.00. The van der Waals surface area contributed by atoms with Gasteiger partial charge in [-0.15, -0.1) is 0 Å². The predicted molar refractivity (Wildman–Crippen MR) is 48.2 cm³/mol. The smallest absolute Gasteiger partial charge is 0.0607 e. The Morgan fingerprint density at radius 3 is 1.85 bits per heavy atom. The highest BCUT2D eigenvalue weighted by Crippen LogP contribution is 2.12. The van der Waals surface area contributed by atoms with E-state index < -0.39 is 11.5 Å². The van der Waals surface area contributed by atoms with Crippen LogP contribution < -0.4 is 5.32 Å². The highest BCUT2D eigenvalue weighted by molar-refractivity contribution is 4.77. The quantitative estimate of drug-likeness (QED) is 0.320. The van der Waals surface area contributed by atoms with Crippen molar-refractivity contribution in [2.45, 2.75) is 13.0 Å². The molecule has 5 N–H and O–H groups in total. The van der Waals surface area contributed by atoms with Crippen molar-refractivity contribution in [3.63, 3.8) is 0 Å². The van der Waals surface area contributed by atoms with E-state index >= 15 is 0 Å². The minimum Gasteiger partial charge on any atom is -0.396 e. The van der Waals surface area contributed by atoms with Crippen LogP contribution in [0, 0.1) is 5.41 Å². The van der Waals surface area contributed by atoms with Gasteiger partial charge in [0.1, 0.15) is 0 Å². The van der Waals surface area contributed by atoms with Crippen LogP contribution in [0.2, 0.25) is 0 Å². The summed E-state index contributed by atoms with van der Waals surface area (Å²) in [6.07, 6.45) is 0. The van der Waals surface area contributed by atoms with Gasteiger partial charge in [0.15, 0.2) is 0 Å². The van der Waals surface area contributed by atoms with Crippen molar-refractivity contribution < 1.29 is 20.4 Å². The van der Waals surface area contributed by atoms with Crippen molar-refractivity contribution >= 4 is 0 Å². The zero-order valence-corrected chi connectivity index (χ0v) is 7.90. The van der Waals surface area contributed by atoms with E-state index in [1.807, 2.05) is 0 Å². The summed E-state index contributed by atoms with van der Waals surface area (Å²) in [5, 5.41) is 38.1. The molecule has 0 unspecified atom stereocenters. The van der Waals surface area contributed by atoms with Gasteiger partial charge in [-0.1, -0.05) is 6.92 Å². The molecule has 0 aromatic heterocycles. The summed E-state index contributed by atoms with van der Waals surface area (Å²) in [4.78, 5) is 0. The maximum absolute atomic E-state index is 8.92.